The smallest absolute Gasteiger partial charge is 0.178 e. The molecular formula is C31H20O3. The van der Waals surface area contributed by atoms with Crippen molar-refractivity contribution in [2.45, 2.75) is 17.3 Å². The Morgan fingerprint density at radius 2 is 0.735 bits per heavy atom. The molecule has 4 aromatic rings. The monoisotopic (exact) mass is 440 g/mol. The number of aliphatic hydroxyl groups is 3. The Labute approximate surface area is 198 Å². The van der Waals surface area contributed by atoms with E-state index in [2.05, 4.69) is 23.7 Å². The molecule has 0 saturated carbocycles. The number of rotatable bonds is 0. The Hall–Kier alpha value is -4.12. The van der Waals surface area contributed by atoms with Crippen molar-refractivity contribution in [3.05, 3.63) is 119 Å². The van der Waals surface area contributed by atoms with Gasteiger partial charge in [-0.1, -0.05) is 121 Å². The number of fused-ring (bicyclic) bond motifs is 6. The van der Waals surface area contributed by atoms with E-state index in [1.165, 1.54) is 0 Å². The van der Waals surface area contributed by atoms with Crippen LogP contribution in [0.5, 0.6) is 0 Å². The summed E-state index contributed by atoms with van der Waals surface area (Å²) >= 11 is 0. The van der Waals surface area contributed by atoms with Gasteiger partial charge in [0, 0.05) is 22.3 Å². The number of aliphatic hydroxyl groups excluding tert-OH is 1. The Bertz CT molecular complexity index is 1370. The van der Waals surface area contributed by atoms with E-state index in [0.717, 1.165) is 22.3 Å². The molecule has 0 spiro atoms. The van der Waals surface area contributed by atoms with Gasteiger partial charge in [-0.3, -0.25) is 0 Å². The van der Waals surface area contributed by atoms with Crippen LogP contribution in [-0.2, 0) is 11.2 Å². The van der Waals surface area contributed by atoms with Gasteiger partial charge >= 0.3 is 0 Å². The van der Waals surface area contributed by atoms with Crippen molar-refractivity contribution >= 4 is 0 Å². The Morgan fingerprint density at radius 1 is 0.471 bits per heavy atom. The summed E-state index contributed by atoms with van der Waals surface area (Å²) in [5, 5.41) is 33.7. The van der Waals surface area contributed by atoms with E-state index in [1.807, 2.05) is 97.1 Å². The SMILES string of the molecule is OC(C#CC1(O)c2ccccc2-c2ccccc21)C#CC1(O)c2ccccc2-c2ccccc21. The van der Waals surface area contributed by atoms with Gasteiger partial charge in [0.05, 0.1) is 0 Å². The Kier molecular flexibility index (Phi) is 4.49. The van der Waals surface area contributed by atoms with Crippen molar-refractivity contribution in [3.8, 4) is 45.9 Å². The fraction of sp³-hybridized carbons (Fsp3) is 0.0968. The highest BCUT2D eigenvalue weighted by Crippen LogP contribution is 2.48. The van der Waals surface area contributed by atoms with Crippen LogP contribution in [0.4, 0.5) is 0 Å². The Morgan fingerprint density at radius 3 is 1.03 bits per heavy atom. The van der Waals surface area contributed by atoms with E-state index in [4.69, 9.17) is 0 Å². The van der Waals surface area contributed by atoms with Gasteiger partial charge in [-0.2, -0.15) is 0 Å². The zero-order valence-electron chi connectivity index (χ0n) is 18.2. The molecular weight excluding hydrogens is 420 g/mol. The third-order valence-electron chi connectivity index (χ3n) is 6.63. The van der Waals surface area contributed by atoms with Crippen molar-refractivity contribution in [2.24, 2.45) is 0 Å². The Balaban J connectivity index is 1.39. The highest BCUT2D eigenvalue weighted by molar-refractivity contribution is 5.83. The van der Waals surface area contributed by atoms with Gasteiger partial charge in [-0.05, 0) is 22.3 Å². The summed E-state index contributed by atoms with van der Waals surface area (Å²) in [6, 6.07) is 30.3. The van der Waals surface area contributed by atoms with E-state index in [1.54, 1.807) is 0 Å². The molecule has 4 aromatic carbocycles. The lowest BCUT2D eigenvalue weighted by Gasteiger charge is -2.19. The van der Waals surface area contributed by atoms with Crippen LogP contribution in [0.25, 0.3) is 22.3 Å². The lowest BCUT2D eigenvalue weighted by Crippen LogP contribution is -2.23. The van der Waals surface area contributed by atoms with Crippen LogP contribution < -0.4 is 0 Å². The first kappa shape index (κ1) is 20.5. The predicted molar refractivity (Wildman–Crippen MR) is 131 cm³/mol. The molecule has 0 unspecified atom stereocenters. The molecule has 2 aliphatic carbocycles. The standard InChI is InChI=1S/C31H20O3/c32-21(17-19-30(33)26-13-5-1-9-22(26)23-10-2-6-14-27(23)30)18-20-31(34)28-15-7-3-11-24(28)25-12-4-8-16-29(25)31/h1-16,21,32-34H. The van der Waals surface area contributed by atoms with Crippen LogP contribution in [0.15, 0.2) is 97.1 Å². The van der Waals surface area contributed by atoms with Crippen LogP contribution in [0.2, 0.25) is 0 Å². The van der Waals surface area contributed by atoms with Gasteiger partial charge in [0.1, 0.15) is 0 Å². The largest absolute Gasteiger partial charge is 0.369 e. The molecule has 0 aliphatic heterocycles. The van der Waals surface area contributed by atoms with E-state index in [9.17, 15) is 15.3 Å². The maximum atomic E-state index is 11.6. The van der Waals surface area contributed by atoms with E-state index < -0.39 is 17.3 Å². The van der Waals surface area contributed by atoms with Gasteiger partial charge in [-0.25, -0.2) is 0 Å². The predicted octanol–water partition coefficient (Wildman–Crippen LogP) is 4.19. The summed E-state index contributed by atoms with van der Waals surface area (Å²) in [5.41, 5.74) is 3.32. The molecule has 3 nitrogen and oxygen atoms in total. The van der Waals surface area contributed by atoms with Gasteiger partial charge in [0.15, 0.2) is 17.3 Å². The minimum Gasteiger partial charge on any atom is -0.369 e. The maximum absolute atomic E-state index is 11.6. The first-order chi connectivity index (χ1) is 16.5. The molecule has 3 heteroatoms. The first-order valence-corrected chi connectivity index (χ1v) is 11.1. The third kappa shape index (κ3) is 2.86. The lowest BCUT2D eigenvalue weighted by molar-refractivity contribution is 0.149. The van der Waals surface area contributed by atoms with Gasteiger partial charge in [0.2, 0.25) is 0 Å². The molecule has 0 heterocycles. The highest BCUT2D eigenvalue weighted by atomic mass is 16.3. The van der Waals surface area contributed by atoms with E-state index >= 15 is 0 Å². The van der Waals surface area contributed by atoms with Gasteiger partial charge < -0.3 is 15.3 Å². The number of hydrogen-bond donors (Lipinski definition) is 3. The van der Waals surface area contributed by atoms with Gasteiger partial charge in [-0.15, -0.1) is 0 Å². The molecule has 0 radical (unpaired) electrons. The highest BCUT2D eigenvalue weighted by Gasteiger charge is 2.41. The van der Waals surface area contributed by atoms with Crippen LogP contribution in [0, 0.1) is 23.7 Å². The molecule has 3 N–H and O–H groups in total. The minimum atomic E-state index is -1.54. The summed E-state index contributed by atoms with van der Waals surface area (Å²) in [6.07, 6.45) is -1.35. The normalized spacial score (nSPS) is 15.2. The van der Waals surface area contributed by atoms with Crippen molar-refractivity contribution in [1.82, 2.24) is 0 Å². The maximum Gasteiger partial charge on any atom is 0.178 e. The molecule has 6 rings (SSSR count). The summed E-state index contributed by atoms with van der Waals surface area (Å²) in [7, 11) is 0. The molecule has 0 saturated heterocycles. The average molecular weight is 440 g/mol. The van der Waals surface area contributed by atoms with Crippen LogP contribution in [0.1, 0.15) is 22.3 Å². The average Bonchev–Trinajstić information content (AvgIpc) is 3.30. The van der Waals surface area contributed by atoms with Crippen molar-refractivity contribution in [2.75, 3.05) is 0 Å². The fourth-order valence-corrected chi connectivity index (χ4v) is 5.08. The van der Waals surface area contributed by atoms with Crippen LogP contribution in [-0.4, -0.2) is 21.4 Å². The molecule has 162 valence electrons. The second kappa shape index (κ2) is 7.45. The summed E-state index contributed by atoms with van der Waals surface area (Å²) in [5.74, 6) is 11.1. The van der Waals surface area contributed by atoms with Crippen molar-refractivity contribution in [1.29, 1.82) is 0 Å². The van der Waals surface area contributed by atoms with Crippen molar-refractivity contribution < 1.29 is 15.3 Å². The molecule has 0 atom stereocenters. The molecule has 0 amide bonds. The quantitative estimate of drug-likeness (QED) is 0.360. The molecule has 34 heavy (non-hydrogen) atoms. The summed E-state index contributed by atoms with van der Waals surface area (Å²) in [6.45, 7) is 0. The zero-order valence-corrected chi connectivity index (χ0v) is 18.2. The fourth-order valence-electron chi connectivity index (χ4n) is 5.08. The third-order valence-corrected chi connectivity index (χ3v) is 6.63. The van der Waals surface area contributed by atoms with E-state index in [0.29, 0.717) is 22.3 Å². The van der Waals surface area contributed by atoms with Crippen LogP contribution >= 0.6 is 0 Å². The second-order valence-electron chi connectivity index (χ2n) is 8.54. The molecule has 2 aliphatic rings. The zero-order chi connectivity index (χ0) is 23.3. The van der Waals surface area contributed by atoms with E-state index in [-0.39, 0.29) is 0 Å². The van der Waals surface area contributed by atoms with Gasteiger partial charge in [0.25, 0.3) is 0 Å². The second-order valence-corrected chi connectivity index (χ2v) is 8.54. The molecule has 0 fully saturated rings. The first-order valence-electron chi connectivity index (χ1n) is 11.1. The lowest BCUT2D eigenvalue weighted by atomic mass is 9.91. The number of hydrogen-bond acceptors (Lipinski definition) is 3. The topological polar surface area (TPSA) is 60.7 Å². The summed E-state index contributed by atoms with van der Waals surface area (Å²) in [4.78, 5) is 0. The minimum absolute atomic E-state index is 0.682. The van der Waals surface area contributed by atoms with Crippen molar-refractivity contribution in [3.63, 3.8) is 0 Å². The number of benzene rings is 4. The molecule has 0 aromatic heterocycles. The van der Waals surface area contributed by atoms with Crippen LogP contribution in [0.3, 0.4) is 0 Å². The summed E-state index contributed by atoms with van der Waals surface area (Å²) < 4.78 is 0. The molecule has 0 bridgehead atoms.